The predicted molar refractivity (Wildman–Crippen MR) is 81.7 cm³/mol. The largest absolute Gasteiger partial charge is 0.497 e. The summed E-state index contributed by atoms with van der Waals surface area (Å²) < 4.78 is 32.9. The van der Waals surface area contributed by atoms with E-state index in [2.05, 4.69) is 0 Å². The van der Waals surface area contributed by atoms with E-state index in [1.165, 1.54) is 12.1 Å². The zero-order valence-corrected chi connectivity index (χ0v) is 13.0. The van der Waals surface area contributed by atoms with Gasteiger partial charge in [0.1, 0.15) is 11.5 Å². The van der Waals surface area contributed by atoms with Crippen molar-refractivity contribution in [2.75, 3.05) is 13.7 Å². The van der Waals surface area contributed by atoms with Gasteiger partial charge in [0.2, 0.25) is 0 Å². The van der Waals surface area contributed by atoms with Crippen LogP contribution in [-0.4, -0.2) is 22.1 Å². The maximum absolute atomic E-state index is 11.1. The Labute approximate surface area is 128 Å². The molecule has 0 radical (unpaired) electrons. The summed E-state index contributed by atoms with van der Waals surface area (Å²) in [6, 6.07) is 13.8. The summed E-state index contributed by atoms with van der Waals surface area (Å²) in [5.74, 6) is 1.42. The highest BCUT2D eigenvalue weighted by molar-refractivity contribution is 8.13. The Morgan fingerprint density at radius 2 is 1.52 bits per heavy atom. The zero-order chi connectivity index (χ0) is 15.3. The summed E-state index contributed by atoms with van der Waals surface area (Å²) >= 11 is 0. The van der Waals surface area contributed by atoms with Crippen LogP contribution in [0.1, 0.15) is 5.56 Å². The molecule has 0 spiro atoms. The molecule has 0 aromatic heterocycles. The average Bonchev–Trinajstić information content (AvgIpc) is 2.47. The summed E-state index contributed by atoms with van der Waals surface area (Å²) in [6.45, 7) is 0.499. The van der Waals surface area contributed by atoms with E-state index in [-0.39, 0.29) is 4.90 Å². The second kappa shape index (κ2) is 6.83. The van der Waals surface area contributed by atoms with E-state index < -0.39 is 9.05 Å². The van der Waals surface area contributed by atoms with E-state index in [1.54, 1.807) is 19.2 Å². The minimum absolute atomic E-state index is 0.0617. The molecule has 0 saturated heterocycles. The maximum Gasteiger partial charge on any atom is 0.261 e. The van der Waals surface area contributed by atoms with Crippen LogP contribution < -0.4 is 9.47 Å². The average molecular weight is 327 g/mol. The van der Waals surface area contributed by atoms with Crippen molar-refractivity contribution in [2.24, 2.45) is 0 Å². The molecular formula is C15H15ClO4S. The molecule has 2 aromatic carbocycles. The number of rotatable bonds is 6. The lowest BCUT2D eigenvalue weighted by molar-refractivity contribution is 0.321. The van der Waals surface area contributed by atoms with Crippen molar-refractivity contribution in [3.8, 4) is 11.5 Å². The molecule has 0 bridgehead atoms. The normalized spacial score (nSPS) is 11.1. The second-order valence-corrected chi connectivity index (χ2v) is 6.92. The van der Waals surface area contributed by atoms with Crippen LogP contribution in [0.2, 0.25) is 0 Å². The lowest BCUT2D eigenvalue weighted by Crippen LogP contribution is -2.01. The molecule has 0 aliphatic carbocycles. The van der Waals surface area contributed by atoms with Crippen molar-refractivity contribution in [2.45, 2.75) is 11.3 Å². The fraction of sp³-hybridized carbons (Fsp3) is 0.200. The molecular weight excluding hydrogens is 312 g/mol. The van der Waals surface area contributed by atoms with Crippen LogP contribution in [-0.2, 0) is 15.5 Å². The highest BCUT2D eigenvalue weighted by atomic mass is 35.7. The van der Waals surface area contributed by atoms with E-state index in [1.807, 2.05) is 24.3 Å². The smallest absolute Gasteiger partial charge is 0.261 e. The van der Waals surface area contributed by atoms with Gasteiger partial charge in [-0.15, -0.1) is 0 Å². The summed E-state index contributed by atoms with van der Waals surface area (Å²) in [5, 5.41) is 0. The standard InChI is InChI=1S/C15H15ClO4S/c1-19-13-4-2-12(3-5-13)10-11-20-14-6-8-15(9-7-14)21(16,17)18/h2-9H,10-11H2,1H3. The van der Waals surface area contributed by atoms with Gasteiger partial charge in [-0.05, 0) is 42.0 Å². The molecule has 4 nitrogen and oxygen atoms in total. The Bertz CT molecular complexity index is 679. The lowest BCUT2D eigenvalue weighted by Gasteiger charge is -2.07. The van der Waals surface area contributed by atoms with Crippen LogP contribution in [0.15, 0.2) is 53.4 Å². The van der Waals surface area contributed by atoms with E-state index >= 15 is 0 Å². The topological polar surface area (TPSA) is 52.6 Å². The van der Waals surface area contributed by atoms with Gasteiger partial charge in [-0.3, -0.25) is 0 Å². The van der Waals surface area contributed by atoms with E-state index in [0.717, 1.165) is 17.7 Å². The highest BCUT2D eigenvalue weighted by Gasteiger charge is 2.09. The van der Waals surface area contributed by atoms with Gasteiger partial charge in [0.25, 0.3) is 9.05 Å². The highest BCUT2D eigenvalue weighted by Crippen LogP contribution is 2.19. The fourth-order valence-corrected chi connectivity index (χ4v) is 2.55. The molecule has 112 valence electrons. The lowest BCUT2D eigenvalue weighted by atomic mass is 10.1. The number of hydrogen-bond donors (Lipinski definition) is 0. The Morgan fingerprint density at radius 3 is 2.05 bits per heavy atom. The van der Waals surface area contributed by atoms with Gasteiger partial charge in [-0.1, -0.05) is 12.1 Å². The Hall–Kier alpha value is -1.72. The van der Waals surface area contributed by atoms with E-state index in [9.17, 15) is 8.42 Å². The number of ether oxygens (including phenoxy) is 2. The first-order valence-electron chi connectivity index (χ1n) is 6.29. The minimum atomic E-state index is -3.68. The molecule has 0 N–H and O–H groups in total. The van der Waals surface area contributed by atoms with Gasteiger partial charge in [-0.25, -0.2) is 8.42 Å². The van der Waals surface area contributed by atoms with Gasteiger partial charge in [0.15, 0.2) is 0 Å². The number of methoxy groups -OCH3 is 1. The molecule has 0 aliphatic rings. The van der Waals surface area contributed by atoms with Gasteiger partial charge in [0, 0.05) is 17.1 Å². The first-order valence-corrected chi connectivity index (χ1v) is 8.60. The first kappa shape index (κ1) is 15.7. The SMILES string of the molecule is COc1ccc(CCOc2ccc(S(=O)(=O)Cl)cc2)cc1. The zero-order valence-electron chi connectivity index (χ0n) is 11.5. The first-order chi connectivity index (χ1) is 9.99. The summed E-state index contributed by atoms with van der Waals surface area (Å²) in [5.41, 5.74) is 1.13. The van der Waals surface area contributed by atoms with Gasteiger partial charge < -0.3 is 9.47 Å². The van der Waals surface area contributed by atoms with Crippen molar-refractivity contribution < 1.29 is 17.9 Å². The molecule has 6 heteroatoms. The molecule has 0 atom stereocenters. The molecule has 0 heterocycles. The van der Waals surface area contributed by atoms with Crippen molar-refractivity contribution in [1.29, 1.82) is 0 Å². The summed E-state index contributed by atoms with van der Waals surface area (Å²) in [6.07, 6.45) is 0.750. The molecule has 0 saturated carbocycles. The molecule has 0 amide bonds. The third kappa shape index (κ3) is 4.65. The molecule has 2 rings (SSSR count). The van der Waals surface area contributed by atoms with Crippen LogP contribution in [0.4, 0.5) is 0 Å². The quantitative estimate of drug-likeness (QED) is 0.765. The second-order valence-electron chi connectivity index (χ2n) is 4.36. The Kier molecular flexibility index (Phi) is 5.09. The number of hydrogen-bond acceptors (Lipinski definition) is 4. The van der Waals surface area contributed by atoms with Gasteiger partial charge in [0.05, 0.1) is 18.6 Å². The summed E-state index contributed by atoms with van der Waals surface area (Å²) in [7, 11) is 3.18. The summed E-state index contributed by atoms with van der Waals surface area (Å²) in [4.78, 5) is 0.0617. The molecule has 0 fully saturated rings. The van der Waals surface area contributed by atoms with E-state index in [0.29, 0.717) is 12.4 Å². The third-order valence-corrected chi connectivity index (χ3v) is 4.29. The third-order valence-electron chi connectivity index (χ3n) is 2.92. The van der Waals surface area contributed by atoms with Crippen LogP contribution in [0.5, 0.6) is 11.5 Å². The minimum Gasteiger partial charge on any atom is -0.497 e. The van der Waals surface area contributed by atoms with Crippen molar-refractivity contribution in [3.05, 3.63) is 54.1 Å². The molecule has 0 unspecified atom stereocenters. The monoisotopic (exact) mass is 326 g/mol. The maximum atomic E-state index is 11.1. The van der Waals surface area contributed by atoms with Crippen LogP contribution in [0.3, 0.4) is 0 Å². The van der Waals surface area contributed by atoms with Crippen molar-refractivity contribution in [1.82, 2.24) is 0 Å². The number of benzene rings is 2. The van der Waals surface area contributed by atoms with E-state index in [4.69, 9.17) is 20.2 Å². The Balaban J connectivity index is 1.88. The molecule has 21 heavy (non-hydrogen) atoms. The van der Waals surface area contributed by atoms with Crippen LogP contribution in [0.25, 0.3) is 0 Å². The number of halogens is 1. The van der Waals surface area contributed by atoms with Gasteiger partial charge in [-0.2, -0.15) is 0 Å². The van der Waals surface area contributed by atoms with Crippen molar-refractivity contribution in [3.63, 3.8) is 0 Å². The van der Waals surface area contributed by atoms with Crippen LogP contribution >= 0.6 is 10.7 Å². The Morgan fingerprint density at radius 1 is 0.952 bits per heavy atom. The molecule has 0 aliphatic heterocycles. The predicted octanol–water partition coefficient (Wildman–Crippen LogP) is 3.24. The van der Waals surface area contributed by atoms with Crippen LogP contribution in [0, 0.1) is 0 Å². The molecule has 2 aromatic rings. The fourth-order valence-electron chi connectivity index (χ4n) is 1.78. The van der Waals surface area contributed by atoms with Gasteiger partial charge >= 0.3 is 0 Å². The van der Waals surface area contributed by atoms with Crippen molar-refractivity contribution >= 4 is 19.7 Å².